The zero-order chi connectivity index (χ0) is 8.97. The van der Waals surface area contributed by atoms with Crippen LogP contribution in [0.3, 0.4) is 0 Å². The molecule has 2 nitrogen and oxygen atoms in total. The first-order chi connectivity index (χ1) is 5.74. The molecular weight excluding hydrogens is 172 g/mol. The van der Waals surface area contributed by atoms with Crippen LogP contribution in [0.25, 0.3) is 0 Å². The van der Waals surface area contributed by atoms with Crippen molar-refractivity contribution < 1.29 is 0 Å². The van der Waals surface area contributed by atoms with Gasteiger partial charge in [-0.2, -0.15) is 5.10 Å². The molecule has 0 atom stereocenters. The number of hydrazone groups is 1. The van der Waals surface area contributed by atoms with Gasteiger partial charge < -0.3 is 0 Å². The highest BCUT2D eigenvalue weighted by Gasteiger charge is 1.99. The van der Waals surface area contributed by atoms with Gasteiger partial charge >= 0.3 is 0 Å². The molecule has 1 aromatic rings. The van der Waals surface area contributed by atoms with Crippen LogP contribution in [0, 0.1) is 0 Å². The first kappa shape index (κ1) is 9.07. The van der Waals surface area contributed by atoms with Crippen molar-refractivity contribution in [3.05, 3.63) is 34.9 Å². The third-order valence-corrected chi connectivity index (χ3v) is 1.97. The summed E-state index contributed by atoms with van der Waals surface area (Å²) in [6.45, 7) is 4.12. The maximum atomic E-state index is 5.94. The van der Waals surface area contributed by atoms with Crippen molar-refractivity contribution in [2.75, 3.05) is 7.05 Å². The number of halogens is 1. The van der Waals surface area contributed by atoms with E-state index < -0.39 is 0 Å². The van der Waals surface area contributed by atoms with Crippen LogP contribution in [0.2, 0.25) is 5.02 Å². The second-order valence-electron chi connectivity index (χ2n) is 2.55. The molecule has 0 radical (unpaired) electrons. The molecule has 0 aromatic heterocycles. The number of rotatable bonds is 3. The quantitative estimate of drug-likeness (QED) is 0.518. The van der Waals surface area contributed by atoms with Crippen molar-refractivity contribution in [2.24, 2.45) is 5.10 Å². The van der Waals surface area contributed by atoms with Gasteiger partial charge in [-0.1, -0.05) is 29.8 Å². The van der Waals surface area contributed by atoms with E-state index in [0.717, 1.165) is 10.6 Å². The van der Waals surface area contributed by atoms with Crippen LogP contribution in [0.15, 0.2) is 29.4 Å². The molecule has 1 aromatic carbocycles. The molecule has 1 rings (SSSR count). The summed E-state index contributed by atoms with van der Waals surface area (Å²) >= 11 is 5.94. The Labute approximate surface area is 77.5 Å². The minimum absolute atomic E-state index is 0.698. The van der Waals surface area contributed by atoms with Gasteiger partial charge in [-0.3, -0.25) is 5.01 Å². The first-order valence-corrected chi connectivity index (χ1v) is 4.03. The maximum Gasteiger partial charge on any atom is 0.0621 e. The average Bonchev–Trinajstić information content (AvgIpc) is 2.09. The Morgan fingerprint density at radius 1 is 1.50 bits per heavy atom. The Morgan fingerprint density at radius 2 is 2.17 bits per heavy atom. The van der Waals surface area contributed by atoms with E-state index in [2.05, 4.69) is 11.8 Å². The van der Waals surface area contributed by atoms with Crippen molar-refractivity contribution in [1.29, 1.82) is 0 Å². The smallest absolute Gasteiger partial charge is 0.0621 e. The van der Waals surface area contributed by atoms with Crippen LogP contribution in [0.1, 0.15) is 5.56 Å². The molecule has 0 fully saturated rings. The summed E-state index contributed by atoms with van der Waals surface area (Å²) in [5.74, 6) is 0. The Hall–Kier alpha value is -1.02. The second kappa shape index (κ2) is 4.12. The normalized spacial score (nSPS) is 9.50. The van der Waals surface area contributed by atoms with Gasteiger partial charge in [0.25, 0.3) is 0 Å². The van der Waals surface area contributed by atoms with Crippen LogP contribution in [-0.4, -0.2) is 18.8 Å². The lowest BCUT2D eigenvalue weighted by molar-refractivity contribution is 0.350. The highest BCUT2D eigenvalue weighted by molar-refractivity contribution is 6.31. The molecule has 0 aliphatic carbocycles. The third kappa shape index (κ3) is 2.24. The fourth-order valence-electron chi connectivity index (χ4n) is 0.923. The van der Waals surface area contributed by atoms with Gasteiger partial charge in [-0.05, 0) is 11.6 Å². The second-order valence-corrected chi connectivity index (χ2v) is 2.96. The molecule has 0 saturated carbocycles. The highest BCUT2D eigenvalue weighted by atomic mass is 35.5. The summed E-state index contributed by atoms with van der Waals surface area (Å²) < 4.78 is 0. The molecule has 0 saturated heterocycles. The zero-order valence-corrected chi connectivity index (χ0v) is 7.75. The van der Waals surface area contributed by atoms with Gasteiger partial charge in [0.2, 0.25) is 0 Å². The molecule has 0 spiro atoms. The van der Waals surface area contributed by atoms with Gasteiger partial charge in [0.1, 0.15) is 0 Å². The van der Waals surface area contributed by atoms with E-state index in [-0.39, 0.29) is 0 Å². The molecule has 0 amide bonds. The van der Waals surface area contributed by atoms with E-state index in [1.165, 1.54) is 0 Å². The molecular formula is C9H11ClN2. The van der Waals surface area contributed by atoms with E-state index in [0.29, 0.717) is 6.54 Å². The van der Waals surface area contributed by atoms with Crippen molar-refractivity contribution in [3.8, 4) is 0 Å². The van der Waals surface area contributed by atoms with Gasteiger partial charge in [0.15, 0.2) is 0 Å². The fourth-order valence-corrected chi connectivity index (χ4v) is 1.12. The third-order valence-electron chi connectivity index (χ3n) is 1.60. The molecule has 3 heteroatoms. The number of benzene rings is 1. The molecule has 0 N–H and O–H groups in total. The van der Waals surface area contributed by atoms with Gasteiger partial charge in [0.05, 0.1) is 6.54 Å². The number of hydrogen-bond donors (Lipinski definition) is 0. The predicted molar refractivity (Wildman–Crippen MR) is 52.5 cm³/mol. The summed E-state index contributed by atoms with van der Waals surface area (Å²) in [6, 6.07) is 7.71. The zero-order valence-electron chi connectivity index (χ0n) is 7.00. The maximum absolute atomic E-state index is 5.94. The fraction of sp³-hybridized carbons (Fsp3) is 0.222. The van der Waals surface area contributed by atoms with Crippen LogP contribution >= 0.6 is 11.6 Å². The lowest BCUT2D eigenvalue weighted by Crippen LogP contribution is -2.09. The van der Waals surface area contributed by atoms with Crippen LogP contribution < -0.4 is 0 Å². The molecule has 0 aliphatic heterocycles. The first-order valence-electron chi connectivity index (χ1n) is 3.65. The average molecular weight is 183 g/mol. The summed E-state index contributed by atoms with van der Waals surface area (Å²) in [5, 5.41) is 6.26. The van der Waals surface area contributed by atoms with Crippen molar-refractivity contribution >= 4 is 18.3 Å². The topological polar surface area (TPSA) is 15.6 Å². The molecule has 0 unspecified atom stereocenters. The lowest BCUT2D eigenvalue weighted by Gasteiger charge is -2.12. The van der Waals surface area contributed by atoms with Gasteiger partial charge in [-0.15, -0.1) is 0 Å². The molecule has 0 bridgehead atoms. The molecule has 12 heavy (non-hydrogen) atoms. The van der Waals surface area contributed by atoms with Crippen molar-refractivity contribution in [1.82, 2.24) is 5.01 Å². The van der Waals surface area contributed by atoms with E-state index in [1.54, 1.807) is 5.01 Å². The molecule has 64 valence electrons. The van der Waals surface area contributed by atoms with E-state index in [9.17, 15) is 0 Å². The Morgan fingerprint density at radius 3 is 2.75 bits per heavy atom. The van der Waals surface area contributed by atoms with E-state index in [1.807, 2.05) is 31.3 Å². The lowest BCUT2D eigenvalue weighted by atomic mass is 10.2. The van der Waals surface area contributed by atoms with E-state index >= 15 is 0 Å². The standard InChI is InChI=1S/C9H11ClN2/c1-11-12(2)7-8-5-3-4-6-9(8)10/h3-6H,1,7H2,2H3. The predicted octanol–water partition coefficient (Wildman–Crippen LogP) is 2.39. The van der Waals surface area contributed by atoms with Crippen LogP contribution in [-0.2, 0) is 6.54 Å². The summed E-state index contributed by atoms with van der Waals surface area (Å²) in [6.07, 6.45) is 0. The largest absolute Gasteiger partial charge is 0.296 e. The Bertz CT molecular complexity index is 273. The molecule has 0 aliphatic rings. The summed E-state index contributed by atoms with van der Waals surface area (Å²) in [5.41, 5.74) is 1.06. The summed E-state index contributed by atoms with van der Waals surface area (Å²) in [4.78, 5) is 0. The SMILES string of the molecule is C=NN(C)Cc1ccccc1Cl. The highest BCUT2D eigenvalue weighted by Crippen LogP contribution is 2.16. The Balaban J connectivity index is 2.75. The summed E-state index contributed by atoms with van der Waals surface area (Å²) in [7, 11) is 1.86. The van der Waals surface area contributed by atoms with Gasteiger partial charge in [0, 0.05) is 18.8 Å². The van der Waals surface area contributed by atoms with Crippen molar-refractivity contribution in [2.45, 2.75) is 6.54 Å². The molecule has 0 heterocycles. The van der Waals surface area contributed by atoms with Crippen molar-refractivity contribution in [3.63, 3.8) is 0 Å². The minimum Gasteiger partial charge on any atom is -0.296 e. The van der Waals surface area contributed by atoms with E-state index in [4.69, 9.17) is 11.6 Å². The minimum atomic E-state index is 0.698. The van der Waals surface area contributed by atoms with Crippen LogP contribution in [0.5, 0.6) is 0 Å². The van der Waals surface area contributed by atoms with Gasteiger partial charge in [-0.25, -0.2) is 0 Å². The monoisotopic (exact) mass is 182 g/mol. The van der Waals surface area contributed by atoms with Crippen LogP contribution in [0.4, 0.5) is 0 Å². The Kier molecular flexibility index (Phi) is 3.11. The number of hydrogen-bond acceptors (Lipinski definition) is 2. The number of nitrogens with zero attached hydrogens (tertiary/aromatic N) is 2.